The molecule has 13 heavy (non-hydrogen) atoms. The Balaban J connectivity index is 2.60. The first-order chi connectivity index (χ1) is 6.27. The van der Waals surface area contributed by atoms with Crippen molar-refractivity contribution < 1.29 is 0 Å². The molecular formula is C9H8N2OS. The number of hydrogen-bond acceptors (Lipinski definition) is 3. The SMILES string of the molecule is Cc1cc(=O)[nH]nc1-c1ccsc1. The summed E-state index contributed by atoms with van der Waals surface area (Å²) in [4.78, 5) is 10.9. The summed E-state index contributed by atoms with van der Waals surface area (Å²) < 4.78 is 0. The molecule has 1 N–H and O–H groups in total. The molecule has 0 spiro atoms. The van der Waals surface area contributed by atoms with Gasteiger partial charge in [0.1, 0.15) is 0 Å². The molecule has 2 rings (SSSR count). The van der Waals surface area contributed by atoms with Crippen molar-refractivity contribution in [2.45, 2.75) is 6.92 Å². The zero-order valence-electron chi connectivity index (χ0n) is 7.07. The largest absolute Gasteiger partial charge is 0.268 e. The van der Waals surface area contributed by atoms with Gasteiger partial charge in [-0.2, -0.15) is 16.4 Å². The predicted molar refractivity (Wildman–Crippen MR) is 52.9 cm³/mol. The fourth-order valence-electron chi connectivity index (χ4n) is 1.19. The molecule has 0 atom stereocenters. The summed E-state index contributed by atoms with van der Waals surface area (Å²) >= 11 is 1.62. The molecule has 0 bridgehead atoms. The summed E-state index contributed by atoms with van der Waals surface area (Å²) in [7, 11) is 0. The molecule has 0 aliphatic heterocycles. The van der Waals surface area contributed by atoms with Gasteiger partial charge in [-0.25, -0.2) is 5.10 Å². The number of thiophene rings is 1. The minimum atomic E-state index is -0.156. The van der Waals surface area contributed by atoms with Crippen molar-refractivity contribution in [2.24, 2.45) is 0 Å². The van der Waals surface area contributed by atoms with Crippen molar-refractivity contribution in [3.8, 4) is 11.3 Å². The lowest BCUT2D eigenvalue weighted by atomic mass is 10.1. The van der Waals surface area contributed by atoms with Gasteiger partial charge in [-0.15, -0.1) is 0 Å². The normalized spacial score (nSPS) is 10.2. The van der Waals surface area contributed by atoms with Gasteiger partial charge in [0.15, 0.2) is 0 Å². The highest BCUT2D eigenvalue weighted by molar-refractivity contribution is 7.08. The highest BCUT2D eigenvalue weighted by Crippen LogP contribution is 2.21. The Bertz CT molecular complexity index is 459. The van der Waals surface area contributed by atoms with E-state index in [0.717, 1.165) is 16.8 Å². The van der Waals surface area contributed by atoms with Crippen molar-refractivity contribution in [1.29, 1.82) is 0 Å². The van der Waals surface area contributed by atoms with E-state index in [2.05, 4.69) is 10.2 Å². The summed E-state index contributed by atoms with van der Waals surface area (Å²) in [5.74, 6) is 0. The van der Waals surface area contributed by atoms with Crippen LogP contribution >= 0.6 is 11.3 Å². The lowest BCUT2D eigenvalue weighted by Crippen LogP contribution is -2.08. The highest BCUT2D eigenvalue weighted by atomic mass is 32.1. The van der Waals surface area contributed by atoms with E-state index in [1.54, 1.807) is 17.4 Å². The lowest BCUT2D eigenvalue weighted by molar-refractivity contribution is 0.982. The smallest absolute Gasteiger partial charge is 0.264 e. The standard InChI is InChI=1S/C9H8N2OS/c1-6-4-8(12)10-11-9(6)7-2-3-13-5-7/h2-5H,1H3,(H,10,12). The zero-order chi connectivity index (χ0) is 9.26. The molecule has 0 radical (unpaired) electrons. The zero-order valence-corrected chi connectivity index (χ0v) is 7.89. The minimum Gasteiger partial charge on any atom is -0.268 e. The summed E-state index contributed by atoms with van der Waals surface area (Å²) in [5.41, 5.74) is 2.65. The molecule has 2 heterocycles. The van der Waals surface area contributed by atoms with E-state index in [1.807, 2.05) is 23.8 Å². The number of H-pyrrole nitrogens is 1. The highest BCUT2D eigenvalue weighted by Gasteiger charge is 2.03. The van der Waals surface area contributed by atoms with Gasteiger partial charge >= 0.3 is 0 Å². The Kier molecular flexibility index (Phi) is 1.98. The van der Waals surface area contributed by atoms with Crippen LogP contribution in [0.25, 0.3) is 11.3 Å². The average molecular weight is 192 g/mol. The van der Waals surface area contributed by atoms with Crippen molar-refractivity contribution in [3.63, 3.8) is 0 Å². The monoisotopic (exact) mass is 192 g/mol. The van der Waals surface area contributed by atoms with Crippen LogP contribution in [0, 0.1) is 6.92 Å². The van der Waals surface area contributed by atoms with Crippen molar-refractivity contribution in [2.75, 3.05) is 0 Å². The second-order valence-corrected chi connectivity index (χ2v) is 3.56. The first-order valence-corrected chi connectivity index (χ1v) is 4.80. The number of aromatic amines is 1. The number of aromatic nitrogens is 2. The maximum absolute atomic E-state index is 10.9. The molecule has 2 aromatic heterocycles. The van der Waals surface area contributed by atoms with Crippen LogP contribution in [0.3, 0.4) is 0 Å². The number of nitrogens with one attached hydrogen (secondary N) is 1. The van der Waals surface area contributed by atoms with Crippen LogP contribution in [0.5, 0.6) is 0 Å². The third-order valence-electron chi connectivity index (χ3n) is 1.79. The summed E-state index contributed by atoms with van der Waals surface area (Å²) in [6, 6.07) is 3.54. The molecular weight excluding hydrogens is 184 g/mol. The van der Waals surface area contributed by atoms with E-state index in [1.165, 1.54) is 0 Å². The Hall–Kier alpha value is -1.42. The Morgan fingerprint density at radius 2 is 2.38 bits per heavy atom. The molecule has 3 nitrogen and oxygen atoms in total. The average Bonchev–Trinajstić information content (AvgIpc) is 2.56. The first kappa shape index (κ1) is 8.19. The van der Waals surface area contributed by atoms with Crippen LogP contribution in [0.2, 0.25) is 0 Å². The molecule has 0 aliphatic carbocycles. The van der Waals surface area contributed by atoms with E-state index in [-0.39, 0.29) is 5.56 Å². The van der Waals surface area contributed by atoms with Gasteiger partial charge in [0, 0.05) is 17.0 Å². The Morgan fingerprint density at radius 1 is 1.54 bits per heavy atom. The summed E-state index contributed by atoms with van der Waals surface area (Å²) in [6.45, 7) is 1.88. The van der Waals surface area contributed by atoms with Crippen LogP contribution in [-0.2, 0) is 0 Å². The molecule has 0 fully saturated rings. The van der Waals surface area contributed by atoms with E-state index in [9.17, 15) is 4.79 Å². The van der Waals surface area contributed by atoms with Gasteiger partial charge in [-0.1, -0.05) is 0 Å². The molecule has 0 aliphatic rings. The fourth-order valence-corrected chi connectivity index (χ4v) is 1.83. The van der Waals surface area contributed by atoms with Crippen LogP contribution in [-0.4, -0.2) is 10.2 Å². The van der Waals surface area contributed by atoms with Gasteiger partial charge in [-0.05, 0) is 23.9 Å². The van der Waals surface area contributed by atoms with Gasteiger partial charge < -0.3 is 0 Å². The number of aryl methyl sites for hydroxylation is 1. The van der Waals surface area contributed by atoms with Crippen LogP contribution in [0.1, 0.15) is 5.56 Å². The minimum absolute atomic E-state index is 0.156. The van der Waals surface area contributed by atoms with Crippen molar-refractivity contribution in [1.82, 2.24) is 10.2 Å². The van der Waals surface area contributed by atoms with Gasteiger partial charge in [-0.3, -0.25) is 4.79 Å². The van der Waals surface area contributed by atoms with Gasteiger partial charge in [0.05, 0.1) is 5.69 Å². The van der Waals surface area contributed by atoms with E-state index in [0.29, 0.717) is 0 Å². The number of hydrogen-bond donors (Lipinski definition) is 1. The number of rotatable bonds is 1. The Morgan fingerprint density at radius 3 is 3.00 bits per heavy atom. The molecule has 0 saturated carbocycles. The maximum atomic E-state index is 10.9. The second-order valence-electron chi connectivity index (χ2n) is 2.78. The molecule has 66 valence electrons. The lowest BCUT2D eigenvalue weighted by Gasteiger charge is -1.99. The van der Waals surface area contributed by atoms with Crippen molar-refractivity contribution in [3.05, 3.63) is 38.8 Å². The molecule has 0 saturated heterocycles. The molecule has 0 unspecified atom stereocenters. The first-order valence-electron chi connectivity index (χ1n) is 3.86. The summed E-state index contributed by atoms with van der Waals surface area (Å²) in [6.07, 6.45) is 0. The fraction of sp³-hybridized carbons (Fsp3) is 0.111. The topological polar surface area (TPSA) is 45.8 Å². The molecule has 0 aromatic carbocycles. The van der Waals surface area contributed by atoms with E-state index in [4.69, 9.17) is 0 Å². The van der Waals surface area contributed by atoms with Crippen LogP contribution in [0.15, 0.2) is 27.7 Å². The van der Waals surface area contributed by atoms with Gasteiger partial charge in [0.2, 0.25) is 0 Å². The van der Waals surface area contributed by atoms with Crippen LogP contribution in [0.4, 0.5) is 0 Å². The summed E-state index contributed by atoms with van der Waals surface area (Å²) in [5, 5.41) is 10.4. The predicted octanol–water partition coefficient (Wildman–Crippen LogP) is 1.81. The maximum Gasteiger partial charge on any atom is 0.264 e. The second kappa shape index (κ2) is 3.14. The molecule has 2 aromatic rings. The number of nitrogens with zero attached hydrogens (tertiary/aromatic N) is 1. The molecule has 0 amide bonds. The quantitative estimate of drug-likeness (QED) is 0.749. The van der Waals surface area contributed by atoms with Gasteiger partial charge in [0.25, 0.3) is 5.56 Å². The Labute approximate surface area is 79.1 Å². The van der Waals surface area contributed by atoms with Crippen LogP contribution < -0.4 is 5.56 Å². The molecule has 4 heteroatoms. The third kappa shape index (κ3) is 1.53. The van der Waals surface area contributed by atoms with E-state index < -0.39 is 0 Å². The van der Waals surface area contributed by atoms with E-state index >= 15 is 0 Å². The van der Waals surface area contributed by atoms with Crippen molar-refractivity contribution >= 4 is 11.3 Å². The third-order valence-corrected chi connectivity index (χ3v) is 2.48.